The summed E-state index contributed by atoms with van der Waals surface area (Å²) in [6.07, 6.45) is -1.26. The molecule has 0 saturated carbocycles. The van der Waals surface area contributed by atoms with Crippen LogP contribution in [0.3, 0.4) is 0 Å². The summed E-state index contributed by atoms with van der Waals surface area (Å²) in [5.74, 6) is -0.415. The second-order valence-electron chi connectivity index (χ2n) is 5.44. The Morgan fingerprint density at radius 1 is 1.25 bits per heavy atom. The van der Waals surface area contributed by atoms with Crippen LogP contribution < -0.4 is 9.47 Å². The zero-order chi connectivity index (χ0) is 18.1. The third-order valence-electron chi connectivity index (χ3n) is 3.93. The van der Waals surface area contributed by atoms with Crippen molar-refractivity contribution >= 4 is 19.9 Å². The Balaban J connectivity index is 2.52. The SMILES string of the molecule is CCN([C@@H]1CS(=O)(=O)C[C@@H]1O)S(=O)(=O)c1cc(OC)ccc1OC. The smallest absolute Gasteiger partial charge is 0.247 e. The molecule has 8 nitrogen and oxygen atoms in total. The molecule has 1 aromatic rings. The lowest BCUT2D eigenvalue weighted by Gasteiger charge is -2.28. The lowest BCUT2D eigenvalue weighted by Crippen LogP contribution is -2.46. The Morgan fingerprint density at radius 3 is 2.38 bits per heavy atom. The van der Waals surface area contributed by atoms with Crippen molar-refractivity contribution in [3.63, 3.8) is 0 Å². The number of hydrogen-bond donors (Lipinski definition) is 1. The van der Waals surface area contributed by atoms with Crippen LogP contribution in [0.15, 0.2) is 23.1 Å². The molecule has 1 heterocycles. The van der Waals surface area contributed by atoms with Crippen LogP contribution in [0, 0.1) is 0 Å². The molecule has 0 spiro atoms. The first kappa shape index (κ1) is 19.0. The van der Waals surface area contributed by atoms with E-state index in [4.69, 9.17) is 9.47 Å². The Kier molecular flexibility index (Phi) is 5.43. The Hall–Kier alpha value is -1.36. The standard InChI is InChI=1S/C14H21NO7S2/c1-4-15(11-8-23(17,18)9-12(11)16)24(19,20)14-7-10(21-2)5-6-13(14)22-3/h5-7,11-12,16H,4,8-9H2,1-3H3/t11-,12+/m1/s1. The molecule has 0 bridgehead atoms. The van der Waals surface area contributed by atoms with E-state index in [1.165, 1.54) is 26.4 Å². The normalized spacial score (nSPS) is 23.4. The van der Waals surface area contributed by atoms with Gasteiger partial charge in [0.1, 0.15) is 16.4 Å². The number of aliphatic hydroxyl groups is 1. The van der Waals surface area contributed by atoms with Crippen LogP contribution in [0.5, 0.6) is 11.5 Å². The van der Waals surface area contributed by atoms with E-state index in [1.54, 1.807) is 13.0 Å². The highest BCUT2D eigenvalue weighted by molar-refractivity contribution is 7.92. The largest absolute Gasteiger partial charge is 0.497 e. The quantitative estimate of drug-likeness (QED) is 0.733. The first-order valence-corrected chi connectivity index (χ1v) is 10.5. The number of methoxy groups -OCH3 is 2. The number of rotatable bonds is 6. The molecule has 1 saturated heterocycles. The maximum Gasteiger partial charge on any atom is 0.247 e. The summed E-state index contributed by atoms with van der Waals surface area (Å²) in [5, 5.41) is 10.0. The summed E-state index contributed by atoms with van der Waals surface area (Å²) < 4.78 is 60.7. The average molecular weight is 379 g/mol. The van der Waals surface area contributed by atoms with Gasteiger partial charge in [-0.05, 0) is 12.1 Å². The van der Waals surface area contributed by atoms with Crippen LogP contribution in [0.25, 0.3) is 0 Å². The number of nitrogens with zero attached hydrogens (tertiary/aromatic N) is 1. The number of aliphatic hydroxyl groups excluding tert-OH is 1. The van der Waals surface area contributed by atoms with Crippen molar-refractivity contribution in [2.45, 2.75) is 24.0 Å². The molecule has 0 radical (unpaired) electrons. The highest BCUT2D eigenvalue weighted by Crippen LogP contribution is 2.33. The maximum absolute atomic E-state index is 13.0. The number of sulfonamides is 1. The molecule has 0 aliphatic carbocycles. The second kappa shape index (κ2) is 6.87. The Bertz CT molecular complexity index is 804. The first-order chi connectivity index (χ1) is 11.2. The van der Waals surface area contributed by atoms with Crippen molar-refractivity contribution in [1.82, 2.24) is 4.31 Å². The van der Waals surface area contributed by atoms with Crippen molar-refractivity contribution in [1.29, 1.82) is 0 Å². The first-order valence-electron chi connectivity index (χ1n) is 7.28. The van der Waals surface area contributed by atoms with Gasteiger partial charge in [-0.15, -0.1) is 0 Å². The predicted molar refractivity (Wildman–Crippen MR) is 87.6 cm³/mol. The zero-order valence-corrected chi connectivity index (χ0v) is 15.3. The summed E-state index contributed by atoms with van der Waals surface area (Å²) in [6, 6.07) is 3.30. The minimum atomic E-state index is -4.09. The number of hydrogen-bond acceptors (Lipinski definition) is 7. The number of likely N-dealkylation sites (N-methyl/N-ethyl adjacent to an activating group) is 1. The van der Waals surface area contributed by atoms with E-state index in [0.717, 1.165) is 4.31 Å². The van der Waals surface area contributed by atoms with Gasteiger partial charge >= 0.3 is 0 Å². The predicted octanol–water partition coefficient (Wildman–Crippen LogP) is -0.128. The van der Waals surface area contributed by atoms with Gasteiger partial charge in [0.25, 0.3) is 0 Å². The number of ether oxygens (including phenoxy) is 2. The lowest BCUT2D eigenvalue weighted by molar-refractivity contribution is 0.130. The molecular weight excluding hydrogens is 358 g/mol. The van der Waals surface area contributed by atoms with Gasteiger partial charge in [0, 0.05) is 12.6 Å². The van der Waals surface area contributed by atoms with Crippen molar-refractivity contribution in [2.75, 3.05) is 32.3 Å². The van der Waals surface area contributed by atoms with Crippen LogP contribution in [0.2, 0.25) is 0 Å². The highest BCUT2D eigenvalue weighted by Gasteiger charge is 2.44. The topological polar surface area (TPSA) is 110 Å². The van der Waals surface area contributed by atoms with Crippen LogP contribution in [0.1, 0.15) is 6.92 Å². The summed E-state index contributed by atoms with van der Waals surface area (Å²) >= 11 is 0. The van der Waals surface area contributed by atoms with Gasteiger partial charge < -0.3 is 14.6 Å². The molecule has 2 rings (SSSR count). The molecular formula is C14H21NO7S2. The number of sulfone groups is 1. The monoisotopic (exact) mass is 379 g/mol. The fraction of sp³-hybridized carbons (Fsp3) is 0.571. The van der Waals surface area contributed by atoms with Crippen LogP contribution in [0.4, 0.5) is 0 Å². The number of benzene rings is 1. The molecule has 1 aliphatic rings. The van der Waals surface area contributed by atoms with E-state index in [9.17, 15) is 21.9 Å². The van der Waals surface area contributed by atoms with Crippen molar-refractivity contribution < 1.29 is 31.4 Å². The summed E-state index contributed by atoms with van der Waals surface area (Å²) in [5.41, 5.74) is 0. The Morgan fingerprint density at radius 2 is 1.92 bits per heavy atom. The van der Waals surface area contributed by atoms with Gasteiger partial charge in [0.2, 0.25) is 10.0 Å². The molecule has 0 amide bonds. The zero-order valence-electron chi connectivity index (χ0n) is 13.7. The third kappa shape index (κ3) is 3.51. The van der Waals surface area contributed by atoms with Crippen molar-refractivity contribution in [3.8, 4) is 11.5 Å². The van der Waals surface area contributed by atoms with Crippen molar-refractivity contribution in [3.05, 3.63) is 18.2 Å². The van der Waals surface area contributed by atoms with Crippen molar-refractivity contribution in [2.24, 2.45) is 0 Å². The van der Waals surface area contributed by atoms with Gasteiger partial charge in [-0.2, -0.15) is 4.31 Å². The molecule has 10 heteroatoms. The van der Waals surface area contributed by atoms with E-state index in [2.05, 4.69) is 0 Å². The van der Waals surface area contributed by atoms with E-state index in [1.807, 2.05) is 0 Å². The van der Waals surface area contributed by atoms with Gasteiger partial charge in [0.05, 0.1) is 37.9 Å². The highest BCUT2D eigenvalue weighted by atomic mass is 32.2. The molecule has 1 N–H and O–H groups in total. The lowest BCUT2D eigenvalue weighted by atomic mass is 10.2. The second-order valence-corrected chi connectivity index (χ2v) is 9.45. The molecule has 136 valence electrons. The van der Waals surface area contributed by atoms with Gasteiger partial charge in [0.15, 0.2) is 9.84 Å². The summed E-state index contributed by atoms with van der Waals surface area (Å²) in [4.78, 5) is -0.136. The van der Waals surface area contributed by atoms with Crippen LogP contribution in [-0.2, 0) is 19.9 Å². The minimum absolute atomic E-state index is 0.0138. The van der Waals surface area contributed by atoms with Gasteiger partial charge in [-0.3, -0.25) is 0 Å². The summed E-state index contributed by atoms with van der Waals surface area (Å²) in [6.45, 7) is 1.60. The van der Waals surface area contributed by atoms with Gasteiger partial charge in [-0.25, -0.2) is 16.8 Å². The molecule has 2 atom stereocenters. The van der Waals surface area contributed by atoms with Crippen LogP contribution in [-0.4, -0.2) is 70.7 Å². The van der Waals surface area contributed by atoms with Crippen LogP contribution >= 0.6 is 0 Å². The van der Waals surface area contributed by atoms with E-state index in [0.29, 0.717) is 5.75 Å². The van der Waals surface area contributed by atoms with E-state index < -0.39 is 43.5 Å². The minimum Gasteiger partial charge on any atom is -0.497 e. The summed E-state index contributed by atoms with van der Waals surface area (Å²) in [7, 11) is -4.83. The Labute approximate surface area is 142 Å². The molecule has 24 heavy (non-hydrogen) atoms. The average Bonchev–Trinajstić information content (AvgIpc) is 2.79. The molecule has 1 fully saturated rings. The fourth-order valence-electron chi connectivity index (χ4n) is 2.78. The molecule has 1 aliphatic heterocycles. The molecule has 0 unspecified atom stereocenters. The molecule has 0 aromatic heterocycles. The van der Waals surface area contributed by atoms with Gasteiger partial charge in [-0.1, -0.05) is 6.92 Å². The maximum atomic E-state index is 13.0. The van der Waals surface area contributed by atoms with E-state index in [-0.39, 0.29) is 17.2 Å². The third-order valence-corrected chi connectivity index (χ3v) is 7.65. The molecule has 1 aromatic carbocycles. The van der Waals surface area contributed by atoms with E-state index >= 15 is 0 Å². The fourth-order valence-corrected chi connectivity index (χ4v) is 6.51.